The minimum Gasteiger partial charge on any atom is -0.487 e. The van der Waals surface area contributed by atoms with Crippen molar-refractivity contribution in [3.05, 3.63) is 58.1 Å². The van der Waals surface area contributed by atoms with Crippen LogP contribution in [0.3, 0.4) is 0 Å². The average molecular weight is 1290 g/mol. The smallest absolute Gasteiger partial charge is 0.306 e. The fourth-order valence-corrected chi connectivity index (χ4v) is 14.6. The summed E-state index contributed by atoms with van der Waals surface area (Å²) >= 11 is 0. The largest absolute Gasteiger partial charge is 0.487 e. The van der Waals surface area contributed by atoms with Gasteiger partial charge in [0.2, 0.25) is 5.91 Å². The maximum absolute atomic E-state index is 15.2. The van der Waals surface area contributed by atoms with Gasteiger partial charge in [-0.15, -0.1) is 0 Å². The third-order valence-corrected chi connectivity index (χ3v) is 20.2. The van der Waals surface area contributed by atoms with Crippen molar-refractivity contribution in [2.45, 2.75) is 144 Å². The van der Waals surface area contributed by atoms with E-state index in [0.717, 1.165) is 0 Å². The summed E-state index contributed by atoms with van der Waals surface area (Å²) in [5, 5.41) is 7.02. The van der Waals surface area contributed by atoms with E-state index < -0.39 is 92.7 Å². The Kier molecular flexibility index (Phi) is 25.0. The highest BCUT2D eigenvalue weighted by Crippen LogP contribution is 2.63. The fraction of sp³-hybridized carbons (Fsp3) is 0.676. The molecule has 0 aliphatic carbocycles. The zero-order valence-electron chi connectivity index (χ0n) is 56.4. The molecule has 2 N–H and O–H groups in total. The summed E-state index contributed by atoms with van der Waals surface area (Å²) in [5.41, 5.74) is -0.267. The summed E-state index contributed by atoms with van der Waals surface area (Å²) in [5.74, 6) is -4.92. The fourth-order valence-electron chi connectivity index (χ4n) is 14.6. The summed E-state index contributed by atoms with van der Waals surface area (Å²) < 4.78 is 67.0. The van der Waals surface area contributed by atoms with Gasteiger partial charge in [0.05, 0.1) is 120 Å². The molecule has 0 saturated carbocycles. The molecule has 0 aromatic heterocycles. The number of carbonyl (C=O) groups excluding carboxylic acids is 7. The van der Waals surface area contributed by atoms with E-state index in [1.807, 2.05) is 59.8 Å². The first-order chi connectivity index (χ1) is 43.8. The van der Waals surface area contributed by atoms with Gasteiger partial charge in [-0.1, -0.05) is 40.7 Å². The van der Waals surface area contributed by atoms with Crippen molar-refractivity contribution in [1.29, 1.82) is 0 Å². The molecule has 1 aromatic rings. The minimum atomic E-state index is -1.43. The van der Waals surface area contributed by atoms with Gasteiger partial charge < -0.3 is 67.5 Å². The van der Waals surface area contributed by atoms with Crippen LogP contribution in [0.4, 0.5) is 0 Å². The van der Waals surface area contributed by atoms with Crippen LogP contribution in [-0.2, 0) is 87.5 Å². The minimum absolute atomic E-state index is 0.0343. The molecule has 9 atom stereocenters. The van der Waals surface area contributed by atoms with Crippen LogP contribution < -0.4 is 20.1 Å². The van der Waals surface area contributed by atoms with Gasteiger partial charge in [-0.25, -0.2) is 0 Å². The molecule has 1 fully saturated rings. The van der Waals surface area contributed by atoms with Gasteiger partial charge >= 0.3 is 35.8 Å². The Morgan fingerprint density at radius 3 is 1.65 bits per heavy atom. The van der Waals surface area contributed by atoms with Crippen LogP contribution in [-0.4, -0.2) is 179 Å². The number of hydrogen-bond acceptors (Lipinski definition) is 23. The third kappa shape index (κ3) is 16.0. The number of carbonyl (C=O) groups is 7. The van der Waals surface area contributed by atoms with Gasteiger partial charge in [0, 0.05) is 118 Å². The monoisotopic (exact) mass is 1290 g/mol. The lowest BCUT2D eigenvalue weighted by Gasteiger charge is -2.48. The molecule has 0 spiro atoms. The van der Waals surface area contributed by atoms with Crippen molar-refractivity contribution in [3.63, 3.8) is 0 Å². The molecule has 1 amide bonds. The first-order valence-electron chi connectivity index (χ1n) is 31.9. The Bertz CT molecular complexity index is 3090. The number of esters is 6. The van der Waals surface area contributed by atoms with E-state index in [2.05, 4.69) is 24.5 Å². The SMILES string of the molecule is COC(=O)CC[C@@H]1/C2=C(\C)C3=NC([C@H](CC(=O)OC)[C@@]3(C)CCC(=O)OC)[C@@]3(C)N=C(/C(C)=C4\N/C(=C\C(=N2)C1(C)C)[C@@H](CCC(=O)OC)[C@]4(C)CC(=O)NCc1ccc2c(c1)OCCOCCOCCOCCOCCO2)[C@@H](CCC(=O)OC)[C@]3(C)CC(=O)OC. The van der Waals surface area contributed by atoms with E-state index in [1.165, 1.54) is 42.7 Å². The number of benzene rings is 1. The number of rotatable bonds is 20. The van der Waals surface area contributed by atoms with E-state index >= 15 is 4.79 Å². The highest BCUT2D eigenvalue weighted by molar-refractivity contribution is 6.10. The van der Waals surface area contributed by atoms with E-state index in [0.29, 0.717) is 115 Å². The van der Waals surface area contributed by atoms with Gasteiger partial charge in [-0.3, -0.25) is 48.5 Å². The van der Waals surface area contributed by atoms with Crippen molar-refractivity contribution in [1.82, 2.24) is 10.6 Å². The molecule has 24 nitrogen and oxygen atoms in total. The van der Waals surface area contributed by atoms with E-state index in [1.54, 1.807) is 6.07 Å². The van der Waals surface area contributed by atoms with Gasteiger partial charge in [0.25, 0.3) is 0 Å². The lowest BCUT2D eigenvalue weighted by atomic mass is 9.55. The molecule has 24 heteroatoms. The zero-order valence-corrected chi connectivity index (χ0v) is 56.4. The second-order valence-electron chi connectivity index (χ2n) is 25.9. The number of aliphatic imine (C=N–C) groups is 3. The van der Waals surface area contributed by atoms with Crippen LogP contribution >= 0.6 is 0 Å². The quantitative estimate of drug-likeness (QED) is 0.0942. The Balaban J connectivity index is 1.46. The van der Waals surface area contributed by atoms with Gasteiger partial charge in [-0.05, 0) is 81.4 Å². The first-order valence-corrected chi connectivity index (χ1v) is 31.9. The van der Waals surface area contributed by atoms with Crippen molar-refractivity contribution in [2.75, 3.05) is 109 Å². The Morgan fingerprint density at radius 2 is 1.10 bits per heavy atom. The van der Waals surface area contributed by atoms with Crippen molar-refractivity contribution >= 4 is 58.9 Å². The van der Waals surface area contributed by atoms with Crippen LogP contribution in [0.25, 0.3) is 0 Å². The third-order valence-electron chi connectivity index (χ3n) is 20.2. The number of ether oxygens (including phenoxy) is 12. The Morgan fingerprint density at radius 1 is 0.587 bits per heavy atom. The molecular weight excluding hydrogens is 1190 g/mol. The molecule has 6 heterocycles. The molecule has 92 heavy (non-hydrogen) atoms. The second-order valence-corrected chi connectivity index (χ2v) is 25.9. The summed E-state index contributed by atoms with van der Waals surface area (Å²) in [7, 11) is 7.91. The van der Waals surface area contributed by atoms with E-state index in [4.69, 9.17) is 71.8 Å². The number of hydrogen-bond donors (Lipinski definition) is 2. The first kappa shape index (κ1) is 72.4. The van der Waals surface area contributed by atoms with Crippen LogP contribution in [0.2, 0.25) is 0 Å². The standard InChI is InChI=1S/C68H97N5O19/c1-41-59-45(17-21-54(76)82-10)64(3,4)51(71-59)37-48-44(16-20-53(75)81-9)66(6,38-52(74)69-40-43-15-19-49-50(35-43)92-34-32-90-30-28-88-26-25-87-27-29-89-31-33-91-49)62(70-48)42(2)60-46(18-22-55(77)83-11)67(7,39-58(80)86-14)68(8,73-60)63-47(36-57(79)85-13)65(5,61(41)72-63)24-23-56(78)84-12/h15,19,35,37,44-47,63,70H,16-18,20-34,36,38-40H2,1-14H3,(H,69,74)/b48-37-,59-41-,62-42-/t44-,45-,46-,47+,63?,65-,66+,67+,68-/m1/s1. The molecule has 0 radical (unpaired) electrons. The predicted molar refractivity (Wildman–Crippen MR) is 339 cm³/mol. The highest BCUT2D eigenvalue weighted by atomic mass is 16.6. The molecular formula is C68H97N5O19. The number of fused-ring (bicyclic) bond motifs is 7. The molecule has 6 aliphatic heterocycles. The molecule has 6 aliphatic rings. The summed E-state index contributed by atoms with van der Waals surface area (Å²) in [6.07, 6.45) is 2.09. The zero-order chi connectivity index (χ0) is 67.2. The Hall–Kier alpha value is -7.02. The summed E-state index contributed by atoms with van der Waals surface area (Å²) in [6, 6.07) is 4.50. The molecule has 1 aromatic carbocycles. The molecule has 7 rings (SSSR count). The van der Waals surface area contributed by atoms with Gasteiger partial charge in [0.1, 0.15) is 13.2 Å². The van der Waals surface area contributed by atoms with Gasteiger partial charge in [-0.2, -0.15) is 0 Å². The topological polar surface area (TPSA) is 291 Å². The number of nitrogens with zero attached hydrogens (tertiary/aromatic N) is 3. The maximum Gasteiger partial charge on any atom is 0.306 e. The molecule has 1 saturated heterocycles. The number of nitrogens with one attached hydrogen (secondary N) is 2. The average Bonchev–Trinajstić information content (AvgIpc) is 1.53. The number of amides is 1. The van der Waals surface area contributed by atoms with E-state index in [9.17, 15) is 28.8 Å². The van der Waals surface area contributed by atoms with Crippen LogP contribution in [0.15, 0.2) is 67.5 Å². The second kappa shape index (κ2) is 31.7. The van der Waals surface area contributed by atoms with Crippen LogP contribution in [0.1, 0.15) is 132 Å². The molecule has 1 unspecified atom stereocenters. The maximum atomic E-state index is 15.2. The predicted octanol–water partition coefficient (Wildman–Crippen LogP) is 7.52. The summed E-state index contributed by atoms with van der Waals surface area (Å²) in [4.78, 5) is 114. The lowest BCUT2D eigenvalue weighted by molar-refractivity contribution is -0.147. The van der Waals surface area contributed by atoms with Crippen LogP contribution in [0, 0.1) is 45.3 Å². The normalized spacial score (nSPS) is 30.4. The lowest BCUT2D eigenvalue weighted by Crippen LogP contribution is -2.55. The van der Waals surface area contributed by atoms with Crippen molar-refractivity contribution in [3.8, 4) is 11.5 Å². The Labute approximate surface area is 540 Å². The van der Waals surface area contributed by atoms with E-state index in [-0.39, 0.29) is 96.5 Å². The van der Waals surface area contributed by atoms with Crippen LogP contribution in [0.5, 0.6) is 11.5 Å². The van der Waals surface area contributed by atoms with Crippen molar-refractivity contribution < 1.29 is 90.4 Å². The van der Waals surface area contributed by atoms with Gasteiger partial charge in [0.15, 0.2) is 11.5 Å². The number of allylic oxidation sites excluding steroid dienone is 6. The molecule has 508 valence electrons. The molecule has 8 bridgehead atoms. The highest BCUT2D eigenvalue weighted by Gasteiger charge is 2.67. The summed E-state index contributed by atoms with van der Waals surface area (Å²) in [6.45, 7) is 19.3. The number of methoxy groups -OCH3 is 6. The van der Waals surface area contributed by atoms with Crippen molar-refractivity contribution in [2.24, 2.45) is 60.3 Å².